The zero-order valence-electron chi connectivity index (χ0n) is 9.12. The van der Waals surface area contributed by atoms with Gasteiger partial charge in [-0.05, 0) is 20.8 Å². The van der Waals surface area contributed by atoms with Crippen LogP contribution in [0.3, 0.4) is 0 Å². The highest BCUT2D eigenvalue weighted by atomic mass is 16.1. The first-order valence-electron chi connectivity index (χ1n) is 4.41. The molecule has 2 nitrogen and oxygen atoms in total. The molecule has 0 unspecified atom stereocenters. The number of nitrogens with one attached hydrogen (secondary N) is 1. The van der Waals surface area contributed by atoms with Crippen molar-refractivity contribution in [3.05, 3.63) is 0 Å². The molecule has 0 spiro atoms. The van der Waals surface area contributed by atoms with E-state index in [1.165, 1.54) is 0 Å². The summed E-state index contributed by atoms with van der Waals surface area (Å²) in [5, 5.41) is 3.18. The van der Waals surface area contributed by atoms with Crippen LogP contribution in [0, 0.1) is 5.41 Å². The summed E-state index contributed by atoms with van der Waals surface area (Å²) in [7, 11) is 0. The van der Waals surface area contributed by atoms with Gasteiger partial charge in [-0.15, -0.1) is 0 Å². The predicted octanol–water partition coefficient (Wildman–Crippen LogP) is 2.63. The zero-order chi connectivity index (χ0) is 9.99. The summed E-state index contributed by atoms with van der Waals surface area (Å²) in [5.41, 5.74) is -0.195. The second kappa shape index (κ2) is 4.75. The monoisotopic (exact) mass is 187 g/mol. The van der Waals surface area contributed by atoms with Gasteiger partial charge in [-0.1, -0.05) is 28.2 Å². The van der Waals surface area contributed by atoms with E-state index in [0.29, 0.717) is 6.54 Å². The predicted molar refractivity (Wildman–Crippen MR) is 58.9 cm³/mol. The third kappa shape index (κ3) is 7.97. The minimum Gasteiger partial charge on any atom is -0.305 e. The lowest BCUT2D eigenvalue weighted by atomic mass is 9.90. The molecule has 0 saturated carbocycles. The Morgan fingerprint density at radius 1 is 1.08 bits per heavy atom. The first-order valence-corrected chi connectivity index (χ1v) is 4.41. The molecule has 1 N–H and O–H groups in total. The summed E-state index contributed by atoms with van der Waals surface area (Å²) in [6.45, 7) is 12.5. The molecule has 0 aromatic carbocycles. The van der Waals surface area contributed by atoms with E-state index < -0.39 is 0 Å². The third-order valence-electron chi connectivity index (χ3n) is 1.62. The Kier molecular flexibility index (Phi) is 5.53. The average molecular weight is 187 g/mol. The molecule has 13 heavy (non-hydrogen) atoms. The summed E-state index contributed by atoms with van der Waals surface area (Å²) in [6.07, 6.45) is 0. The van der Waals surface area contributed by atoms with Crippen LogP contribution >= 0.6 is 0 Å². The Morgan fingerprint density at radius 2 is 1.46 bits per heavy atom. The summed E-state index contributed by atoms with van der Waals surface area (Å²) in [5.74, 6) is 0.262. The van der Waals surface area contributed by atoms with Crippen molar-refractivity contribution in [1.29, 1.82) is 0 Å². The van der Waals surface area contributed by atoms with Gasteiger partial charge >= 0.3 is 0 Å². The minimum absolute atomic E-state index is 0. The molecular weight excluding hydrogens is 162 g/mol. The van der Waals surface area contributed by atoms with Crippen LogP contribution in [0.25, 0.3) is 0 Å². The number of Topliss-reactive ketones (excluding diaryl/α,β-unsaturated/α-hetero) is 1. The van der Waals surface area contributed by atoms with E-state index in [1.54, 1.807) is 0 Å². The highest BCUT2D eigenvalue weighted by Gasteiger charge is 2.22. The molecular formula is C11H25NO. The fourth-order valence-electron chi connectivity index (χ4n) is 0.611. The standard InChI is InChI=1S/C10H21NO.CH4/c1-9(2,3)8(12)7-11-10(4,5)6;/h11H,7H2,1-6H3;1H4. The third-order valence-corrected chi connectivity index (χ3v) is 1.62. The Hall–Kier alpha value is -0.370. The molecule has 80 valence electrons. The fourth-order valence-corrected chi connectivity index (χ4v) is 0.611. The molecule has 2 heteroatoms. The number of ketones is 1. The molecule has 0 aliphatic heterocycles. The molecule has 0 radical (unpaired) electrons. The van der Waals surface area contributed by atoms with Gasteiger partial charge in [0, 0.05) is 11.0 Å². The number of carbonyl (C=O) groups excluding carboxylic acids is 1. The maximum absolute atomic E-state index is 11.4. The number of carbonyl (C=O) groups is 1. The molecule has 0 atom stereocenters. The van der Waals surface area contributed by atoms with Crippen molar-refractivity contribution in [1.82, 2.24) is 5.32 Å². The highest BCUT2D eigenvalue weighted by molar-refractivity contribution is 5.85. The van der Waals surface area contributed by atoms with Crippen molar-refractivity contribution in [3.63, 3.8) is 0 Å². The quantitative estimate of drug-likeness (QED) is 0.720. The maximum Gasteiger partial charge on any atom is 0.151 e. The number of hydrogen-bond donors (Lipinski definition) is 1. The second-order valence-corrected chi connectivity index (χ2v) is 5.28. The van der Waals surface area contributed by atoms with Crippen molar-refractivity contribution in [3.8, 4) is 0 Å². The normalized spacial score (nSPS) is 12.2. The van der Waals surface area contributed by atoms with Gasteiger partial charge in [0.1, 0.15) is 0 Å². The Morgan fingerprint density at radius 3 is 1.69 bits per heavy atom. The van der Waals surface area contributed by atoms with E-state index in [-0.39, 0.29) is 24.2 Å². The molecule has 0 saturated heterocycles. The SMILES string of the molecule is C.CC(C)(C)NCC(=O)C(C)(C)C. The lowest BCUT2D eigenvalue weighted by Gasteiger charge is -2.23. The molecule has 0 rings (SSSR count). The van der Waals surface area contributed by atoms with Crippen LogP contribution in [0.5, 0.6) is 0 Å². The van der Waals surface area contributed by atoms with Gasteiger partial charge in [0.2, 0.25) is 0 Å². The van der Waals surface area contributed by atoms with Crippen molar-refractivity contribution in [2.24, 2.45) is 5.41 Å². The van der Waals surface area contributed by atoms with Crippen LogP contribution in [0.1, 0.15) is 49.0 Å². The number of rotatable bonds is 2. The summed E-state index contributed by atoms with van der Waals surface area (Å²) < 4.78 is 0. The Bertz CT molecular complexity index is 160. The van der Waals surface area contributed by atoms with Gasteiger partial charge in [0.25, 0.3) is 0 Å². The van der Waals surface area contributed by atoms with Gasteiger partial charge in [0.05, 0.1) is 6.54 Å². The molecule has 0 bridgehead atoms. The van der Waals surface area contributed by atoms with Gasteiger partial charge in [-0.2, -0.15) is 0 Å². The van der Waals surface area contributed by atoms with E-state index in [9.17, 15) is 4.79 Å². The molecule has 0 heterocycles. The highest BCUT2D eigenvalue weighted by Crippen LogP contribution is 2.14. The van der Waals surface area contributed by atoms with Crippen LogP contribution in [0.15, 0.2) is 0 Å². The smallest absolute Gasteiger partial charge is 0.151 e. The Balaban J connectivity index is 0. The van der Waals surface area contributed by atoms with E-state index in [0.717, 1.165) is 0 Å². The van der Waals surface area contributed by atoms with Crippen LogP contribution in [-0.4, -0.2) is 17.9 Å². The fraction of sp³-hybridized carbons (Fsp3) is 0.909. The Labute approximate surface area is 83.1 Å². The minimum atomic E-state index is -0.224. The van der Waals surface area contributed by atoms with Crippen LogP contribution < -0.4 is 5.32 Å². The van der Waals surface area contributed by atoms with Gasteiger partial charge in [0.15, 0.2) is 5.78 Å². The lowest BCUT2D eigenvalue weighted by Crippen LogP contribution is -2.42. The average Bonchev–Trinajstić information content (AvgIpc) is 1.78. The van der Waals surface area contributed by atoms with Crippen LogP contribution in [-0.2, 0) is 4.79 Å². The van der Waals surface area contributed by atoms with E-state index >= 15 is 0 Å². The summed E-state index contributed by atoms with van der Waals surface area (Å²) in [6, 6.07) is 0. The largest absolute Gasteiger partial charge is 0.305 e. The molecule has 0 amide bonds. The van der Waals surface area contributed by atoms with E-state index in [4.69, 9.17) is 0 Å². The second-order valence-electron chi connectivity index (χ2n) is 5.28. The van der Waals surface area contributed by atoms with Gasteiger partial charge in [-0.25, -0.2) is 0 Å². The lowest BCUT2D eigenvalue weighted by molar-refractivity contribution is -0.125. The van der Waals surface area contributed by atoms with Crippen LogP contribution in [0.4, 0.5) is 0 Å². The van der Waals surface area contributed by atoms with Crippen molar-refractivity contribution in [2.75, 3.05) is 6.54 Å². The molecule has 0 fully saturated rings. The van der Waals surface area contributed by atoms with Crippen molar-refractivity contribution in [2.45, 2.75) is 54.5 Å². The molecule has 0 aliphatic rings. The number of hydrogen-bond acceptors (Lipinski definition) is 2. The van der Waals surface area contributed by atoms with E-state index in [2.05, 4.69) is 26.1 Å². The van der Waals surface area contributed by atoms with Crippen molar-refractivity contribution >= 4 is 5.78 Å². The maximum atomic E-state index is 11.4. The first kappa shape index (κ1) is 15.1. The van der Waals surface area contributed by atoms with Gasteiger partial charge in [-0.3, -0.25) is 4.79 Å². The van der Waals surface area contributed by atoms with E-state index in [1.807, 2.05) is 20.8 Å². The molecule has 0 aromatic rings. The topological polar surface area (TPSA) is 29.1 Å². The molecule has 0 aliphatic carbocycles. The summed E-state index contributed by atoms with van der Waals surface area (Å²) >= 11 is 0. The van der Waals surface area contributed by atoms with Crippen molar-refractivity contribution < 1.29 is 4.79 Å². The first-order chi connectivity index (χ1) is 5.13. The summed E-state index contributed by atoms with van der Waals surface area (Å²) in [4.78, 5) is 11.4. The zero-order valence-corrected chi connectivity index (χ0v) is 9.12. The van der Waals surface area contributed by atoms with Crippen LogP contribution in [0.2, 0.25) is 0 Å². The molecule has 0 aromatic heterocycles. The van der Waals surface area contributed by atoms with Gasteiger partial charge < -0.3 is 5.32 Å².